The zero-order valence-electron chi connectivity index (χ0n) is 18.8. The van der Waals surface area contributed by atoms with Gasteiger partial charge in [0.25, 0.3) is 5.91 Å². The van der Waals surface area contributed by atoms with E-state index in [4.69, 9.17) is 4.74 Å². The van der Waals surface area contributed by atoms with E-state index >= 15 is 0 Å². The van der Waals surface area contributed by atoms with Gasteiger partial charge in [-0.15, -0.1) is 0 Å². The van der Waals surface area contributed by atoms with Crippen LogP contribution in [0.3, 0.4) is 0 Å². The molecule has 0 bridgehead atoms. The summed E-state index contributed by atoms with van der Waals surface area (Å²) in [6.07, 6.45) is 1.57. The third-order valence-corrected chi connectivity index (χ3v) is 5.92. The third-order valence-electron chi connectivity index (χ3n) is 5.92. The molecule has 2 heterocycles. The fraction of sp³-hybridized carbons (Fsp3) is 0.400. The molecule has 7 heteroatoms. The van der Waals surface area contributed by atoms with Gasteiger partial charge < -0.3 is 10.1 Å². The molecule has 32 heavy (non-hydrogen) atoms. The predicted molar refractivity (Wildman–Crippen MR) is 126 cm³/mol. The van der Waals surface area contributed by atoms with E-state index in [0.29, 0.717) is 12.1 Å². The van der Waals surface area contributed by atoms with Crippen molar-refractivity contribution in [2.45, 2.75) is 33.1 Å². The molecular formula is C25H30N4O3. The van der Waals surface area contributed by atoms with Gasteiger partial charge in [-0.3, -0.25) is 14.5 Å². The van der Waals surface area contributed by atoms with E-state index in [1.807, 2.05) is 56.3 Å². The molecule has 0 spiro atoms. The molecular weight excluding hydrogens is 404 g/mol. The Kier molecular flexibility index (Phi) is 6.97. The SMILES string of the molecule is Cc1ccc(C)c(N2N=C(C(=O)Nc3ccc(CCN4CCOCC4)cc3)CCC2=O)c1. The number of nitrogens with zero attached hydrogens (tertiary/aromatic N) is 3. The monoisotopic (exact) mass is 434 g/mol. The number of rotatable bonds is 6. The van der Waals surface area contributed by atoms with Gasteiger partial charge in [0.2, 0.25) is 5.91 Å². The smallest absolute Gasteiger partial charge is 0.271 e. The van der Waals surface area contributed by atoms with E-state index in [-0.39, 0.29) is 18.2 Å². The molecule has 0 radical (unpaired) electrons. The molecule has 4 rings (SSSR count). The Hall–Kier alpha value is -3.03. The molecule has 0 saturated carbocycles. The second-order valence-electron chi connectivity index (χ2n) is 8.40. The van der Waals surface area contributed by atoms with Crippen molar-refractivity contribution < 1.29 is 14.3 Å². The standard InChI is InChI=1S/C25H30N4O3/c1-18-3-4-19(2)23(17-18)29-24(30)10-9-22(27-29)25(31)26-21-7-5-20(6-8-21)11-12-28-13-15-32-16-14-28/h3-8,17H,9-16H2,1-2H3,(H,26,31). The first kappa shape index (κ1) is 22.2. The topological polar surface area (TPSA) is 74.2 Å². The molecule has 1 saturated heterocycles. The predicted octanol–water partition coefficient (Wildman–Crippen LogP) is 3.30. The Morgan fingerprint density at radius 1 is 1.06 bits per heavy atom. The van der Waals surface area contributed by atoms with E-state index in [0.717, 1.165) is 61.8 Å². The number of amides is 2. The fourth-order valence-electron chi connectivity index (χ4n) is 3.92. The first-order valence-electron chi connectivity index (χ1n) is 11.2. The number of hydrazone groups is 1. The second-order valence-corrected chi connectivity index (χ2v) is 8.40. The van der Waals surface area contributed by atoms with Crippen LogP contribution < -0.4 is 10.3 Å². The van der Waals surface area contributed by atoms with Crippen molar-refractivity contribution in [2.24, 2.45) is 5.10 Å². The molecule has 2 aromatic carbocycles. The molecule has 0 atom stereocenters. The average Bonchev–Trinajstić information content (AvgIpc) is 2.81. The third kappa shape index (κ3) is 5.41. The second kappa shape index (κ2) is 10.1. The Morgan fingerprint density at radius 3 is 2.56 bits per heavy atom. The van der Waals surface area contributed by atoms with Crippen molar-refractivity contribution in [3.63, 3.8) is 0 Å². The first-order chi connectivity index (χ1) is 15.5. The van der Waals surface area contributed by atoms with Gasteiger partial charge in [0.15, 0.2) is 0 Å². The Morgan fingerprint density at radius 2 is 1.81 bits per heavy atom. The summed E-state index contributed by atoms with van der Waals surface area (Å²) in [5.41, 5.74) is 5.03. The number of nitrogens with one attached hydrogen (secondary N) is 1. The minimum Gasteiger partial charge on any atom is -0.379 e. The summed E-state index contributed by atoms with van der Waals surface area (Å²) in [4.78, 5) is 27.7. The number of anilines is 2. The lowest BCUT2D eigenvalue weighted by molar-refractivity contribution is -0.118. The molecule has 0 aliphatic carbocycles. The fourth-order valence-corrected chi connectivity index (χ4v) is 3.92. The van der Waals surface area contributed by atoms with E-state index in [1.165, 1.54) is 10.6 Å². The highest BCUT2D eigenvalue weighted by Crippen LogP contribution is 2.25. The summed E-state index contributed by atoms with van der Waals surface area (Å²) in [7, 11) is 0. The molecule has 0 aromatic heterocycles. The molecule has 1 fully saturated rings. The maximum atomic E-state index is 12.8. The van der Waals surface area contributed by atoms with Crippen LogP contribution in [0.4, 0.5) is 11.4 Å². The van der Waals surface area contributed by atoms with E-state index in [9.17, 15) is 9.59 Å². The van der Waals surface area contributed by atoms with E-state index in [2.05, 4.69) is 15.3 Å². The van der Waals surface area contributed by atoms with Crippen LogP contribution in [-0.2, 0) is 20.7 Å². The van der Waals surface area contributed by atoms with Gasteiger partial charge in [0, 0.05) is 38.2 Å². The lowest BCUT2D eigenvalue weighted by atomic mass is 10.1. The van der Waals surface area contributed by atoms with E-state index in [1.54, 1.807) is 0 Å². The summed E-state index contributed by atoms with van der Waals surface area (Å²) in [5.74, 6) is -0.367. The maximum Gasteiger partial charge on any atom is 0.271 e. The van der Waals surface area contributed by atoms with Gasteiger partial charge in [-0.2, -0.15) is 5.10 Å². The lowest BCUT2D eigenvalue weighted by Gasteiger charge is -2.26. The quantitative estimate of drug-likeness (QED) is 0.757. The summed E-state index contributed by atoms with van der Waals surface area (Å²) in [6, 6.07) is 13.8. The van der Waals surface area contributed by atoms with Crippen molar-refractivity contribution >= 4 is 28.9 Å². The lowest BCUT2D eigenvalue weighted by Crippen LogP contribution is -2.37. The van der Waals surface area contributed by atoms with Crippen molar-refractivity contribution in [1.29, 1.82) is 0 Å². The zero-order valence-corrected chi connectivity index (χ0v) is 18.8. The maximum absolute atomic E-state index is 12.8. The molecule has 2 amide bonds. The Bertz CT molecular complexity index is 1010. The minimum atomic E-state index is -0.270. The van der Waals surface area contributed by atoms with Gasteiger partial charge in [0.05, 0.1) is 18.9 Å². The van der Waals surface area contributed by atoms with Crippen LogP contribution >= 0.6 is 0 Å². The van der Waals surface area contributed by atoms with Crippen LogP contribution in [-0.4, -0.2) is 55.3 Å². The molecule has 2 aliphatic rings. The zero-order chi connectivity index (χ0) is 22.5. The first-order valence-corrected chi connectivity index (χ1v) is 11.2. The van der Waals surface area contributed by atoms with Crippen molar-refractivity contribution in [2.75, 3.05) is 43.2 Å². The van der Waals surface area contributed by atoms with Crippen molar-refractivity contribution in [3.8, 4) is 0 Å². The molecule has 2 aliphatic heterocycles. The van der Waals surface area contributed by atoms with Crippen LogP contribution in [0, 0.1) is 13.8 Å². The highest BCUT2D eigenvalue weighted by molar-refractivity contribution is 6.44. The van der Waals surface area contributed by atoms with Gasteiger partial charge in [0.1, 0.15) is 5.71 Å². The van der Waals surface area contributed by atoms with Crippen molar-refractivity contribution in [3.05, 3.63) is 59.2 Å². The molecule has 1 N–H and O–H groups in total. The summed E-state index contributed by atoms with van der Waals surface area (Å²) in [5, 5.41) is 8.70. The summed E-state index contributed by atoms with van der Waals surface area (Å²) >= 11 is 0. The highest BCUT2D eigenvalue weighted by Gasteiger charge is 2.26. The van der Waals surface area contributed by atoms with E-state index < -0.39 is 0 Å². The normalized spacial score (nSPS) is 17.2. The van der Waals surface area contributed by atoms with Crippen LogP contribution in [0.1, 0.15) is 29.5 Å². The van der Waals surface area contributed by atoms with Crippen LogP contribution in [0.25, 0.3) is 0 Å². The van der Waals surface area contributed by atoms with Crippen LogP contribution in [0.2, 0.25) is 0 Å². The number of carbonyl (C=O) groups is 2. The minimum absolute atomic E-state index is 0.0973. The number of benzene rings is 2. The molecule has 168 valence electrons. The van der Waals surface area contributed by atoms with Gasteiger partial charge in [-0.25, -0.2) is 5.01 Å². The molecule has 0 unspecified atom stereocenters. The van der Waals surface area contributed by atoms with Crippen LogP contribution in [0.15, 0.2) is 47.6 Å². The largest absolute Gasteiger partial charge is 0.379 e. The average molecular weight is 435 g/mol. The number of hydrogen-bond acceptors (Lipinski definition) is 5. The number of morpholine rings is 1. The Labute approximate surface area is 189 Å². The Balaban J connectivity index is 1.39. The number of ether oxygens (including phenoxy) is 1. The summed E-state index contributed by atoms with van der Waals surface area (Å²) in [6.45, 7) is 8.50. The number of hydrogen-bond donors (Lipinski definition) is 1. The molecule has 2 aromatic rings. The van der Waals surface area contributed by atoms with Gasteiger partial charge in [-0.05, 0) is 55.2 Å². The van der Waals surface area contributed by atoms with Gasteiger partial charge in [-0.1, -0.05) is 24.3 Å². The molecule has 7 nitrogen and oxygen atoms in total. The number of aryl methyl sites for hydroxylation is 2. The van der Waals surface area contributed by atoms with Crippen molar-refractivity contribution in [1.82, 2.24) is 4.90 Å². The van der Waals surface area contributed by atoms with Crippen LogP contribution in [0.5, 0.6) is 0 Å². The highest BCUT2D eigenvalue weighted by atomic mass is 16.5. The summed E-state index contributed by atoms with van der Waals surface area (Å²) < 4.78 is 5.39. The van der Waals surface area contributed by atoms with Gasteiger partial charge >= 0.3 is 0 Å². The number of carbonyl (C=O) groups excluding carboxylic acids is 2.